The molecule has 1 aromatic rings. The van der Waals surface area contributed by atoms with Crippen LogP contribution in [0.25, 0.3) is 0 Å². The minimum Gasteiger partial charge on any atom is -0.381 e. The molecule has 0 saturated carbocycles. The van der Waals surface area contributed by atoms with Gasteiger partial charge in [-0.25, -0.2) is 4.79 Å². The zero-order chi connectivity index (χ0) is 14.0. The highest BCUT2D eigenvalue weighted by Gasteiger charge is 2.22. The molecule has 0 amide bonds. The third-order valence-corrected chi connectivity index (χ3v) is 3.90. The van der Waals surface area contributed by atoms with E-state index in [0.717, 1.165) is 24.2 Å². The lowest BCUT2D eigenvalue weighted by atomic mass is 10.0. The number of nitrogens with one attached hydrogen (secondary N) is 1. The zero-order valence-electron chi connectivity index (χ0n) is 11.7. The van der Waals surface area contributed by atoms with Crippen molar-refractivity contribution in [3.05, 3.63) is 32.6 Å². The van der Waals surface area contributed by atoms with Crippen LogP contribution in [0.4, 0.5) is 0 Å². The van der Waals surface area contributed by atoms with Gasteiger partial charge in [0.15, 0.2) is 0 Å². The highest BCUT2D eigenvalue weighted by atomic mass is 16.5. The molecule has 2 atom stereocenters. The minimum absolute atomic E-state index is 0.267. The molecule has 106 valence electrons. The van der Waals surface area contributed by atoms with Gasteiger partial charge in [0.05, 0.1) is 6.61 Å². The fourth-order valence-corrected chi connectivity index (χ4v) is 2.33. The first-order chi connectivity index (χ1) is 9.00. The van der Waals surface area contributed by atoms with Crippen LogP contribution in [0.1, 0.15) is 19.0 Å². The molecular formula is C13H21N3O3. The Morgan fingerprint density at radius 3 is 2.79 bits per heavy atom. The van der Waals surface area contributed by atoms with Crippen LogP contribution in [0.5, 0.6) is 0 Å². The molecule has 6 heteroatoms. The van der Waals surface area contributed by atoms with E-state index in [2.05, 4.69) is 12.2 Å². The SMILES string of the molecule is CC(NCc1cc(=O)n(C)c(=O)n1C)C1CCOC1. The van der Waals surface area contributed by atoms with Gasteiger partial charge in [0.1, 0.15) is 0 Å². The predicted octanol–water partition coefficient (Wildman–Crippen LogP) is -0.401. The predicted molar refractivity (Wildman–Crippen MR) is 72.2 cm³/mol. The van der Waals surface area contributed by atoms with E-state index in [9.17, 15) is 9.59 Å². The van der Waals surface area contributed by atoms with E-state index in [4.69, 9.17) is 4.74 Å². The smallest absolute Gasteiger partial charge is 0.330 e. The van der Waals surface area contributed by atoms with Gasteiger partial charge in [-0.15, -0.1) is 0 Å². The maximum atomic E-state index is 11.8. The highest BCUT2D eigenvalue weighted by molar-refractivity contribution is 5.02. The standard InChI is InChI=1S/C13H21N3O3/c1-9(10-4-5-19-8-10)14-7-11-6-12(17)16(3)13(18)15(11)2/h6,9-10,14H,4-5,7-8H2,1-3H3. The van der Waals surface area contributed by atoms with Crippen LogP contribution in [0.3, 0.4) is 0 Å². The van der Waals surface area contributed by atoms with Crippen LogP contribution >= 0.6 is 0 Å². The molecule has 6 nitrogen and oxygen atoms in total. The van der Waals surface area contributed by atoms with Gasteiger partial charge >= 0.3 is 5.69 Å². The number of hydrogen-bond acceptors (Lipinski definition) is 4. The monoisotopic (exact) mass is 267 g/mol. The third-order valence-electron chi connectivity index (χ3n) is 3.90. The average Bonchev–Trinajstić information content (AvgIpc) is 2.92. The van der Waals surface area contributed by atoms with Crippen LogP contribution in [0.2, 0.25) is 0 Å². The molecule has 1 aliphatic heterocycles. The van der Waals surface area contributed by atoms with Gasteiger partial charge in [-0.3, -0.25) is 13.9 Å². The highest BCUT2D eigenvalue weighted by Crippen LogP contribution is 2.16. The number of ether oxygens (including phenoxy) is 1. The molecule has 1 N–H and O–H groups in total. The zero-order valence-corrected chi connectivity index (χ0v) is 11.7. The first-order valence-corrected chi connectivity index (χ1v) is 6.57. The number of hydrogen-bond donors (Lipinski definition) is 1. The summed E-state index contributed by atoms with van der Waals surface area (Å²) in [5.74, 6) is 0.503. The van der Waals surface area contributed by atoms with E-state index in [1.165, 1.54) is 17.7 Å². The Morgan fingerprint density at radius 1 is 1.42 bits per heavy atom. The minimum atomic E-state index is -0.291. The molecule has 1 aromatic heterocycles. The quantitative estimate of drug-likeness (QED) is 0.806. The maximum absolute atomic E-state index is 11.8. The van der Waals surface area contributed by atoms with Gasteiger partial charge in [-0.2, -0.15) is 0 Å². The summed E-state index contributed by atoms with van der Waals surface area (Å²) in [6, 6.07) is 1.81. The molecule has 2 heterocycles. The molecule has 0 radical (unpaired) electrons. The van der Waals surface area contributed by atoms with Crippen LogP contribution in [-0.4, -0.2) is 28.4 Å². The fourth-order valence-electron chi connectivity index (χ4n) is 2.33. The molecule has 0 aliphatic carbocycles. The van der Waals surface area contributed by atoms with Crippen LogP contribution in [-0.2, 0) is 25.4 Å². The van der Waals surface area contributed by atoms with E-state index < -0.39 is 0 Å². The Hall–Kier alpha value is -1.40. The van der Waals surface area contributed by atoms with Crippen molar-refractivity contribution in [1.82, 2.24) is 14.5 Å². The number of nitrogens with zero attached hydrogens (tertiary/aromatic N) is 2. The van der Waals surface area contributed by atoms with E-state index in [0.29, 0.717) is 24.2 Å². The van der Waals surface area contributed by atoms with Crippen LogP contribution in [0.15, 0.2) is 15.7 Å². The molecule has 0 aromatic carbocycles. The van der Waals surface area contributed by atoms with Gasteiger partial charge in [0.2, 0.25) is 0 Å². The summed E-state index contributed by atoms with van der Waals surface area (Å²) in [5, 5.41) is 3.37. The lowest BCUT2D eigenvalue weighted by molar-refractivity contribution is 0.178. The van der Waals surface area contributed by atoms with Crippen molar-refractivity contribution in [2.75, 3.05) is 13.2 Å². The molecule has 1 aliphatic rings. The van der Waals surface area contributed by atoms with Crippen molar-refractivity contribution in [3.8, 4) is 0 Å². The second-order valence-corrected chi connectivity index (χ2v) is 5.17. The molecule has 2 unspecified atom stereocenters. The summed E-state index contributed by atoms with van der Waals surface area (Å²) in [7, 11) is 3.17. The second-order valence-electron chi connectivity index (χ2n) is 5.17. The largest absolute Gasteiger partial charge is 0.381 e. The third kappa shape index (κ3) is 2.96. The number of aromatic nitrogens is 2. The Kier molecular flexibility index (Phi) is 4.21. The maximum Gasteiger partial charge on any atom is 0.330 e. The summed E-state index contributed by atoms with van der Waals surface area (Å²) in [5.41, 5.74) is 0.150. The molecule has 0 spiro atoms. The molecule has 19 heavy (non-hydrogen) atoms. The molecule has 0 bridgehead atoms. The topological polar surface area (TPSA) is 65.3 Å². The van der Waals surface area contributed by atoms with Crippen LogP contribution < -0.4 is 16.6 Å². The summed E-state index contributed by atoms with van der Waals surface area (Å²) >= 11 is 0. The van der Waals surface area contributed by atoms with Crippen molar-refractivity contribution in [3.63, 3.8) is 0 Å². The Balaban J connectivity index is 2.07. The Morgan fingerprint density at radius 2 is 2.16 bits per heavy atom. The van der Waals surface area contributed by atoms with Crippen molar-refractivity contribution >= 4 is 0 Å². The van der Waals surface area contributed by atoms with E-state index >= 15 is 0 Å². The Labute approximate surface area is 112 Å². The first kappa shape index (κ1) is 14.0. The van der Waals surface area contributed by atoms with Crippen molar-refractivity contribution in [2.45, 2.75) is 25.9 Å². The van der Waals surface area contributed by atoms with Crippen molar-refractivity contribution in [2.24, 2.45) is 20.0 Å². The van der Waals surface area contributed by atoms with E-state index in [1.54, 1.807) is 7.05 Å². The molecule has 2 rings (SSSR count). The summed E-state index contributed by atoms with van der Waals surface area (Å²) in [6.07, 6.45) is 1.06. The Bertz CT molecular complexity index is 555. The van der Waals surface area contributed by atoms with Gasteiger partial charge in [-0.1, -0.05) is 0 Å². The van der Waals surface area contributed by atoms with E-state index in [-0.39, 0.29) is 11.2 Å². The van der Waals surface area contributed by atoms with Gasteiger partial charge < -0.3 is 10.1 Å². The summed E-state index contributed by atoms with van der Waals surface area (Å²) in [6.45, 7) is 4.22. The van der Waals surface area contributed by atoms with Crippen molar-refractivity contribution < 1.29 is 4.74 Å². The fraction of sp³-hybridized carbons (Fsp3) is 0.692. The van der Waals surface area contributed by atoms with Gasteiger partial charge in [-0.05, 0) is 19.3 Å². The summed E-state index contributed by atoms with van der Waals surface area (Å²) in [4.78, 5) is 23.4. The molecular weight excluding hydrogens is 246 g/mol. The lowest BCUT2D eigenvalue weighted by Crippen LogP contribution is -2.40. The first-order valence-electron chi connectivity index (χ1n) is 6.57. The second kappa shape index (κ2) is 5.71. The molecule has 1 fully saturated rings. The normalized spacial score (nSPS) is 20.7. The van der Waals surface area contributed by atoms with Gasteiger partial charge in [0.25, 0.3) is 5.56 Å². The number of rotatable bonds is 4. The van der Waals surface area contributed by atoms with E-state index in [1.807, 2.05) is 0 Å². The van der Waals surface area contributed by atoms with Crippen LogP contribution in [0, 0.1) is 5.92 Å². The molecule has 1 saturated heterocycles. The lowest BCUT2D eigenvalue weighted by Gasteiger charge is -2.20. The summed E-state index contributed by atoms with van der Waals surface area (Å²) < 4.78 is 7.97. The van der Waals surface area contributed by atoms with Crippen molar-refractivity contribution in [1.29, 1.82) is 0 Å². The average molecular weight is 267 g/mol. The van der Waals surface area contributed by atoms with Gasteiger partial charge in [0, 0.05) is 45.0 Å².